The van der Waals surface area contributed by atoms with Crippen LogP contribution in [0.25, 0.3) is 11.4 Å². The SMILES string of the molecule is COCCN1CCCC(c2cc(-c3cc(C)[nH]n3)nc(C)n2)C1. The average Bonchev–Trinajstić information content (AvgIpc) is 2.99. The van der Waals surface area contributed by atoms with Crippen LogP contribution >= 0.6 is 0 Å². The van der Waals surface area contributed by atoms with Crippen molar-refractivity contribution in [2.24, 2.45) is 0 Å². The van der Waals surface area contributed by atoms with Crippen LogP contribution in [0.2, 0.25) is 0 Å². The fourth-order valence-corrected chi connectivity index (χ4v) is 3.20. The minimum Gasteiger partial charge on any atom is -0.383 e. The lowest BCUT2D eigenvalue weighted by molar-refractivity contribution is 0.127. The molecule has 1 unspecified atom stereocenters. The Morgan fingerprint density at radius 3 is 2.87 bits per heavy atom. The van der Waals surface area contributed by atoms with Crippen LogP contribution < -0.4 is 0 Å². The Hall–Kier alpha value is -1.79. The van der Waals surface area contributed by atoms with Crippen molar-refractivity contribution < 1.29 is 4.74 Å². The number of nitrogens with one attached hydrogen (secondary N) is 1. The van der Waals surface area contributed by atoms with Gasteiger partial charge in [0.2, 0.25) is 0 Å². The summed E-state index contributed by atoms with van der Waals surface area (Å²) in [6, 6.07) is 4.13. The molecule has 3 rings (SSSR count). The number of rotatable bonds is 5. The zero-order valence-electron chi connectivity index (χ0n) is 14.2. The van der Waals surface area contributed by atoms with Crippen molar-refractivity contribution in [2.45, 2.75) is 32.6 Å². The van der Waals surface area contributed by atoms with Crippen molar-refractivity contribution in [1.29, 1.82) is 0 Å². The maximum absolute atomic E-state index is 5.20. The average molecular weight is 315 g/mol. The molecule has 3 heterocycles. The fourth-order valence-electron chi connectivity index (χ4n) is 3.20. The zero-order valence-corrected chi connectivity index (χ0v) is 14.2. The van der Waals surface area contributed by atoms with Gasteiger partial charge in [-0.2, -0.15) is 5.10 Å². The Morgan fingerprint density at radius 1 is 1.26 bits per heavy atom. The van der Waals surface area contributed by atoms with Gasteiger partial charge in [0.25, 0.3) is 0 Å². The first kappa shape index (κ1) is 16.1. The molecule has 0 aliphatic carbocycles. The van der Waals surface area contributed by atoms with E-state index in [0.717, 1.165) is 54.8 Å². The molecule has 1 fully saturated rings. The maximum atomic E-state index is 5.20. The molecule has 2 aromatic rings. The number of nitrogens with zero attached hydrogens (tertiary/aromatic N) is 4. The van der Waals surface area contributed by atoms with Gasteiger partial charge in [-0.05, 0) is 45.4 Å². The maximum Gasteiger partial charge on any atom is 0.126 e. The second-order valence-corrected chi connectivity index (χ2v) is 6.29. The predicted octanol–water partition coefficient (Wildman–Crippen LogP) is 2.31. The van der Waals surface area contributed by atoms with Gasteiger partial charge in [0, 0.05) is 37.5 Å². The first-order valence-corrected chi connectivity index (χ1v) is 8.25. The first-order chi connectivity index (χ1) is 11.2. The first-order valence-electron chi connectivity index (χ1n) is 8.25. The molecule has 1 aliphatic heterocycles. The zero-order chi connectivity index (χ0) is 16.2. The monoisotopic (exact) mass is 315 g/mol. The Balaban J connectivity index is 1.80. The van der Waals surface area contributed by atoms with Gasteiger partial charge in [-0.3, -0.25) is 5.10 Å². The lowest BCUT2D eigenvalue weighted by atomic mass is 9.94. The fraction of sp³-hybridized carbons (Fsp3) is 0.588. The standard InChI is InChI=1S/C17H25N5O/c1-12-9-17(21-20-12)16-10-15(18-13(2)19-16)14-5-4-6-22(11-14)7-8-23-3/h9-10,14H,4-8,11H2,1-3H3,(H,20,21). The molecule has 2 aromatic heterocycles. The van der Waals surface area contributed by atoms with Crippen LogP contribution in [0.1, 0.15) is 36.0 Å². The van der Waals surface area contributed by atoms with E-state index in [1.807, 2.05) is 19.9 Å². The van der Waals surface area contributed by atoms with Gasteiger partial charge in [-0.25, -0.2) is 9.97 Å². The van der Waals surface area contributed by atoms with E-state index in [9.17, 15) is 0 Å². The second kappa shape index (κ2) is 7.19. The van der Waals surface area contributed by atoms with E-state index in [1.54, 1.807) is 7.11 Å². The number of aryl methyl sites for hydroxylation is 2. The second-order valence-electron chi connectivity index (χ2n) is 6.29. The van der Waals surface area contributed by atoms with E-state index in [0.29, 0.717) is 5.92 Å². The Bertz CT molecular complexity index is 654. The molecule has 1 saturated heterocycles. The number of hydrogen-bond donors (Lipinski definition) is 1. The summed E-state index contributed by atoms with van der Waals surface area (Å²) >= 11 is 0. The molecule has 6 nitrogen and oxygen atoms in total. The molecule has 0 radical (unpaired) electrons. The molecule has 124 valence electrons. The summed E-state index contributed by atoms with van der Waals surface area (Å²) in [5.41, 5.74) is 3.98. The number of H-pyrrole nitrogens is 1. The minimum absolute atomic E-state index is 0.459. The number of aromatic amines is 1. The highest BCUT2D eigenvalue weighted by Gasteiger charge is 2.23. The van der Waals surface area contributed by atoms with Crippen molar-refractivity contribution in [3.8, 4) is 11.4 Å². The van der Waals surface area contributed by atoms with Crippen molar-refractivity contribution in [3.63, 3.8) is 0 Å². The highest BCUT2D eigenvalue weighted by Crippen LogP contribution is 2.27. The molecule has 0 amide bonds. The number of aromatic nitrogens is 4. The van der Waals surface area contributed by atoms with Crippen LogP contribution in [0, 0.1) is 13.8 Å². The van der Waals surface area contributed by atoms with Crippen LogP contribution in [0.5, 0.6) is 0 Å². The number of hydrogen-bond acceptors (Lipinski definition) is 5. The smallest absolute Gasteiger partial charge is 0.126 e. The molecule has 0 bridgehead atoms. The molecular formula is C17H25N5O. The third-order valence-corrected chi connectivity index (χ3v) is 4.36. The molecule has 23 heavy (non-hydrogen) atoms. The van der Waals surface area contributed by atoms with Gasteiger partial charge >= 0.3 is 0 Å². The van der Waals surface area contributed by atoms with E-state index in [1.165, 1.54) is 12.8 Å². The third-order valence-electron chi connectivity index (χ3n) is 4.36. The molecular weight excluding hydrogens is 290 g/mol. The normalized spacial score (nSPS) is 19.2. The van der Waals surface area contributed by atoms with Crippen LogP contribution in [0.3, 0.4) is 0 Å². The van der Waals surface area contributed by atoms with Gasteiger partial charge in [-0.15, -0.1) is 0 Å². The van der Waals surface area contributed by atoms with Gasteiger partial charge < -0.3 is 9.64 Å². The van der Waals surface area contributed by atoms with E-state index < -0.39 is 0 Å². The highest BCUT2D eigenvalue weighted by molar-refractivity contribution is 5.54. The molecule has 6 heteroatoms. The number of ether oxygens (including phenoxy) is 1. The van der Waals surface area contributed by atoms with Crippen LogP contribution in [0.4, 0.5) is 0 Å². The van der Waals surface area contributed by atoms with Gasteiger partial charge in [-0.1, -0.05) is 0 Å². The molecule has 1 atom stereocenters. The summed E-state index contributed by atoms with van der Waals surface area (Å²) in [4.78, 5) is 11.7. The van der Waals surface area contributed by atoms with E-state index in [-0.39, 0.29) is 0 Å². The van der Waals surface area contributed by atoms with E-state index in [4.69, 9.17) is 9.72 Å². The molecule has 1 N–H and O–H groups in total. The van der Waals surface area contributed by atoms with Crippen LogP contribution in [0.15, 0.2) is 12.1 Å². The lowest BCUT2D eigenvalue weighted by Gasteiger charge is -2.32. The quantitative estimate of drug-likeness (QED) is 0.917. The minimum atomic E-state index is 0.459. The van der Waals surface area contributed by atoms with E-state index >= 15 is 0 Å². The summed E-state index contributed by atoms with van der Waals surface area (Å²) in [6.45, 7) is 7.92. The highest BCUT2D eigenvalue weighted by atomic mass is 16.5. The summed E-state index contributed by atoms with van der Waals surface area (Å²) in [5.74, 6) is 1.27. The predicted molar refractivity (Wildman–Crippen MR) is 89.4 cm³/mol. The topological polar surface area (TPSA) is 66.9 Å². The van der Waals surface area contributed by atoms with Crippen molar-refractivity contribution >= 4 is 0 Å². The summed E-state index contributed by atoms with van der Waals surface area (Å²) in [6.07, 6.45) is 2.38. The Kier molecular flexibility index (Phi) is 5.03. The Morgan fingerprint density at radius 2 is 2.13 bits per heavy atom. The molecule has 0 aromatic carbocycles. The van der Waals surface area contributed by atoms with Gasteiger partial charge in [0.1, 0.15) is 11.5 Å². The molecule has 0 saturated carbocycles. The lowest BCUT2D eigenvalue weighted by Crippen LogP contribution is -2.36. The molecule has 0 spiro atoms. The van der Waals surface area contributed by atoms with Crippen molar-refractivity contribution in [2.75, 3.05) is 33.4 Å². The largest absolute Gasteiger partial charge is 0.383 e. The van der Waals surface area contributed by atoms with Crippen LogP contribution in [-0.2, 0) is 4.74 Å². The van der Waals surface area contributed by atoms with Gasteiger partial charge in [0.05, 0.1) is 12.3 Å². The summed E-state index contributed by atoms with van der Waals surface area (Å²) in [5, 5.41) is 7.31. The van der Waals surface area contributed by atoms with Crippen molar-refractivity contribution in [3.05, 3.63) is 29.3 Å². The van der Waals surface area contributed by atoms with Gasteiger partial charge in [0.15, 0.2) is 0 Å². The number of piperidine rings is 1. The van der Waals surface area contributed by atoms with E-state index in [2.05, 4.69) is 26.1 Å². The Labute approximate surface area is 137 Å². The summed E-state index contributed by atoms with van der Waals surface area (Å²) in [7, 11) is 1.76. The third kappa shape index (κ3) is 3.95. The van der Waals surface area contributed by atoms with Crippen LogP contribution in [-0.4, -0.2) is 58.4 Å². The molecule has 1 aliphatic rings. The number of methoxy groups -OCH3 is 1. The summed E-state index contributed by atoms with van der Waals surface area (Å²) < 4.78 is 5.20. The number of likely N-dealkylation sites (tertiary alicyclic amines) is 1. The van der Waals surface area contributed by atoms with Crippen molar-refractivity contribution in [1.82, 2.24) is 25.1 Å².